The lowest BCUT2D eigenvalue weighted by molar-refractivity contribution is 1.18. The van der Waals surface area contributed by atoms with Crippen molar-refractivity contribution in [2.75, 3.05) is 0 Å². The van der Waals surface area contributed by atoms with Crippen molar-refractivity contribution in [3.63, 3.8) is 0 Å². The number of thiophene rings is 1. The van der Waals surface area contributed by atoms with Crippen LogP contribution < -0.4 is 0 Å². The fourth-order valence-electron chi connectivity index (χ4n) is 7.36. The van der Waals surface area contributed by atoms with Gasteiger partial charge in [-0.2, -0.15) is 0 Å². The van der Waals surface area contributed by atoms with Gasteiger partial charge in [-0.3, -0.25) is 0 Å². The summed E-state index contributed by atoms with van der Waals surface area (Å²) in [6, 6.07) is 57.6. The van der Waals surface area contributed by atoms with Crippen molar-refractivity contribution in [3.05, 3.63) is 158 Å². The summed E-state index contributed by atoms with van der Waals surface area (Å²) in [4.78, 5) is 0. The molecule has 0 N–H and O–H groups in total. The number of para-hydroxylation sites is 2. The number of aromatic nitrogens is 2. The first-order valence-corrected chi connectivity index (χ1v) is 16.2. The highest BCUT2D eigenvalue weighted by Crippen LogP contribution is 2.43. The molecule has 0 unspecified atom stereocenters. The van der Waals surface area contributed by atoms with Crippen LogP contribution in [0.1, 0.15) is 0 Å². The normalized spacial score (nSPS) is 12.0. The van der Waals surface area contributed by atoms with Gasteiger partial charge in [0.05, 0.1) is 22.1 Å². The molecular weight excluding hydrogens is 565 g/mol. The van der Waals surface area contributed by atoms with Crippen LogP contribution in [-0.2, 0) is 0 Å². The number of benzene rings is 7. The molecule has 0 amide bonds. The van der Waals surface area contributed by atoms with E-state index in [1.807, 2.05) is 11.3 Å². The highest BCUT2D eigenvalue weighted by molar-refractivity contribution is 7.25. The molecule has 10 rings (SSSR count). The fraction of sp³-hybridized carbons (Fsp3) is 0. The van der Waals surface area contributed by atoms with Gasteiger partial charge in [0.1, 0.15) is 0 Å². The van der Waals surface area contributed by atoms with Crippen LogP contribution in [-0.4, -0.2) is 9.13 Å². The monoisotopic (exact) mass is 590 g/mol. The second-order valence-corrected chi connectivity index (χ2v) is 12.8. The molecule has 0 atom stereocenters. The molecular formula is C42H26N2S. The molecule has 210 valence electrons. The number of fused-ring (bicyclic) bond motifs is 10. The van der Waals surface area contributed by atoms with Crippen LogP contribution in [0.15, 0.2) is 158 Å². The first-order chi connectivity index (χ1) is 22.3. The van der Waals surface area contributed by atoms with E-state index in [9.17, 15) is 0 Å². The van der Waals surface area contributed by atoms with Crippen molar-refractivity contribution < 1.29 is 0 Å². The first-order valence-electron chi connectivity index (χ1n) is 15.4. The number of hydrogen-bond acceptors (Lipinski definition) is 1. The van der Waals surface area contributed by atoms with Crippen molar-refractivity contribution in [1.29, 1.82) is 0 Å². The Balaban J connectivity index is 1.32. The molecule has 0 saturated carbocycles. The summed E-state index contributed by atoms with van der Waals surface area (Å²) >= 11 is 1.87. The third-order valence-electron chi connectivity index (χ3n) is 9.30. The van der Waals surface area contributed by atoms with Crippen LogP contribution in [0, 0.1) is 0 Å². The van der Waals surface area contributed by atoms with Gasteiger partial charge in [0, 0.05) is 53.1 Å². The van der Waals surface area contributed by atoms with Crippen LogP contribution in [0.4, 0.5) is 0 Å². The summed E-state index contributed by atoms with van der Waals surface area (Å²) in [6.07, 6.45) is 0. The summed E-state index contributed by atoms with van der Waals surface area (Å²) in [7, 11) is 0. The molecule has 0 fully saturated rings. The van der Waals surface area contributed by atoms with E-state index < -0.39 is 0 Å². The smallest absolute Gasteiger partial charge is 0.0641 e. The van der Waals surface area contributed by atoms with Crippen LogP contribution in [0.2, 0.25) is 0 Å². The Morgan fingerprint density at radius 3 is 1.87 bits per heavy atom. The third kappa shape index (κ3) is 3.56. The number of rotatable bonds is 3. The van der Waals surface area contributed by atoms with E-state index in [1.54, 1.807) is 0 Å². The minimum atomic E-state index is 1.16. The Morgan fingerprint density at radius 1 is 0.356 bits per heavy atom. The summed E-state index contributed by atoms with van der Waals surface area (Å²) in [6.45, 7) is 0. The van der Waals surface area contributed by atoms with Gasteiger partial charge in [-0.15, -0.1) is 11.3 Å². The zero-order valence-electron chi connectivity index (χ0n) is 24.3. The predicted molar refractivity (Wildman–Crippen MR) is 193 cm³/mol. The predicted octanol–water partition coefficient (Wildman–Crippen LogP) is 11.9. The van der Waals surface area contributed by atoms with Gasteiger partial charge in [0.2, 0.25) is 0 Å². The molecule has 3 heteroatoms. The van der Waals surface area contributed by atoms with Crippen molar-refractivity contribution in [2.45, 2.75) is 0 Å². The van der Waals surface area contributed by atoms with Gasteiger partial charge in [-0.1, -0.05) is 109 Å². The Labute approximate surface area is 263 Å². The molecule has 7 aromatic carbocycles. The van der Waals surface area contributed by atoms with Crippen LogP contribution in [0.5, 0.6) is 0 Å². The van der Waals surface area contributed by atoms with Crippen LogP contribution in [0.3, 0.4) is 0 Å². The Hall–Kier alpha value is -5.64. The second-order valence-electron chi connectivity index (χ2n) is 11.8. The number of nitrogens with zero attached hydrogens (tertiary/aromatic N) is 2. The van der Waals surface area contributed by atoms with E-state index in [2.05, 4.69) is 167 Å². The average molecular weight is 591 g/mol. The topological polar surface area (TPSA) is 9.86 Å². The van der Waals surface area contributed by atoms with Gasteiger partial charge < -0.3 is 9.13 Å². The molecule has 0 saturated heterocycles. The van der Waals surface area contributed by atoms with Gasteiger partial charge in [0.25, 0.3) is 0 Å². The highest BCUT2D eigenvalue weighted by atomic mass is 32.1. The quantitative estimate of drug-likeness (QED) is 0.194. The van der Waals surface area contributed by atoms with E-state index in [-0.39, 0.29) is 0 Å². The molecule has 0 bridgehead atoms. The lowest BCUT2D eigenvalue weighted by Gasteiger charge is -2.11. The molecule has 3 aromatic heterocycles. The Bertz CT molecular complexity index is 2760. The summed E-state index contributed by atoms with van der Waals surface area (Å²) in [5.74, 6) is 0. The van der Waals surface area contributed by atoms with Crippen molar-refractivity contribution in [2.24, 2.45) is 0 Å². The van der Waals surface area contributed by atoms with E-state index in [0.29, 0.717) is 0 Å². The molecule has 0 aliphatic carbocycles. The van der Waals surface area contributed by atoms with Gasteiger partial charge in [-0.25, -0.2) is 0 Å². The average Bonchev–Trinajstić information content (AvgIpc) is 3.76. The zero-order chi connectivity index (χ0) is 29.5. The van der Waals surface area contributed by atoms with Crippen LogP contribution >= 0.6 is 11.3 Å². The molecule has 10 aromatic rings. The maximum atomic E-state index is 2.49. The Kier molecular flexibility index (Phi) is 5.19. The van der Waals surface area contributed by atoms with E-state index >= 15 is 0 Å². The lowest BCUT2D eigenvalue weighted by Crippen LogP contribution is -1.95. The third-order valence-corrected chi connectivity index (χ3v) is 10.4. The summed E-state index contributed by atoms with van der Waals surface area (Å²) in [5.41, 5.74) is 9.69. The molecule has 0 radical (unpaired) electrons. The lowest BCUT2D eigenvalue weighted by atomic mass is 10.1. The second kappa shape index (κ2) is 9.43. The summed E-state index contributed by atoms with van der Waals surface area (Å²) in [5, 5.41) is 7.73. The maximum absolute atomic E-state index is 2.49. The van der Waals surface area contributed by atoms with Crippen molar-refractivity contribution in [3.8, 4) is 22.5 Å². The van der Waals surface area contributed by atoms with Gasteiger partial charge >= 0.3 is 0 Å². The van der Waals surface area contributed by atoms with E-state index in [0.717, 1.165) is 5.69 Å². The minimum Gasteiger partial charge on any atom is -0.309 e. The van der Waals surface area contributed by atoms with Gasteiger partial charge in [-0.05, 0) is 59.7 Å². The molecule has 0 aliphatic rings. The standard InChI is InChI=1S/C42H26N2S/c1-2-11-27(12-3-1)28-13-10-14-29(25-28)43-37-19-8-5-17-35(37)41-38(43)24-23-34-31-15-4-7-18-36(31)44(42(34)41)30-21-22-33-32-16-6-9-20-39(32)45-40(33)26-30/h1-26H. The molecule has 0 spiro atoms. The highest BCUT2D eigenvalue weighted by Gasteiger charge is 2.21. The molecule has 0 aliphatic heterocycles. The van der Waals surface area contributed by atoms with Crippen LogP contribution in [0.25, 0.3) is 86.3 Å². The molecule has 3 heterocycles. The Morgan fingerprint density at radius 2 is 1.00 bits per heavy atom. The van der Waals surface area contributed by atoms with E-state index in [4.69, 9.17) is 0 Å². The van der Waals surface area contributed by atoms with Gasteiger partial charge in [0.15, 0.2) is 0 Å². The fourth-order valence-corrected chi connectivity index (χ4v) is 8.50. The maximum Gasteiger partial charge on any atom is 0.0641 e. The molecule has 45 heavy (non-hydrogen) atoms. The van der Waals surface area contributed by atoms with Crippen molar-refractivity contribution in [1.82, 2.24) is 9.13 Å². The largest absolute Gasteiger partial charge is 0.309 e. The molecule has 2 nitrogen and oxygen atoms in total. The minimum absolute atomic E-state index is 1.16. The SMILES string of the molecule is c1ccc(-c2cccc(-n3c4ccccc4c4c3ccc3c5ccccc5n(-c5ccc6c(c5)sc5ccccc56)c34)c2)cc1. The first kappa shape index (κ1) is 24.8. The zero-order valence-corrected chi connectivity index (χ0v) is 25.1. The number of hydrogen-bond donors (Lipinski definition) is 0. The van der Waals surface area contributed by atoms with E-state index in [1.165, 1.54) is 80.6 Å². The van der Waals surface area contributed by atoms with Crippen molar-refractivity contribution >= 4 is 75.1 Å². The summed E-state index contributed by atoms with van der Waals surface area (Å²) < 4.78 is 7.57.